The van der Waals surface area contributed by atoms with E-state index in [0.29, 0.717) is 32.1 Å². The molecule has 1 rings (SSSR count). The average Bonchev–Trinajstić information content (AvgIpc) is 2.74. The highest BCUT2D eigenvalue weighted by Crippen LogP contribution is 2.17. The van der Waals surface area contributed by atoms with Gasteiger partial charge in [0.2, 0.25) is 15.9 Å². The van der Waals surface area contributed by atoms with Gasteiger partial charge in [0.05, 0.1) is 12.8 Å². The quantitative estimate of drug-likeness (QED) is 0.526. The van der Waals surface area contributed by atoms with Gasteiger partial charge >= 0.3 is 0 Å². The second kappa shape index (κ2) is 7.70. The van der Waals surface area contributed by atoms with Crippen LogP contribution in [0.2, 0.25) is 0 Å². The van der Waals surface area contributed by atoms with Crippen LogP contribution in [0.25, 0.3) is 0 Å². The van der Waals surface area contributed by atoms with E-state index < -0.39 is 10.0 Å². The topological polar surface area (TPSA) is 87.3 Å². The molecule has 0 heterocycles. The zero-order chi connectivity index (χ0) is 13.4. The van der Waals surface area contributed by atoms with Gasteiger partial charge in [-0.05, 0) is 25.8 Å². The summed E-state index contributed by atoms with van der Waals surface area (Å²) in [4.78, 5) is 11.5. The van der Waals surface area contributed by atoms with Crippen LogP contribution in [0.3, 0.4) is 0 Å². The zero-order valence-electron chi connectivity index (χ0n) is 10.9. The molecule has 1 saturated carbocycles. The van der Waals surface area contributed by atoms with Crippen molar-refractivity contribution in [3.05, 3.63) is 0 Å². The standard InChI is InChI=1S/C11H23N3O3S/c1-18(16,17)13-8-4-7-12-9-11(15)14-10-5-2-3-6-10/h10,12-13H,2-9H2,1H3,(H,14,15). The molecule has 0 atom stereocenters. The van der Waals surface area contributed by atoms with Gasteiger partial charge in [-0.15, -0.1) is 0 Å². The monoisotopic (exact) mass is 277 g/mol. The van der Waals surface area contributed by atoms with E-state index in [9.17, 15) is 13.2 Å². The molecule has 3 N–H and O–H groups in total. The first-order valence-corrected chi connectivity index (χ1v) is 8.31. The molecule has 1 aliphatic rings. The molecule has 7 heteroatoms. The van der Waals surface area contributed by atoms with E-state index >= 15 is 0 Å². The van der Waals surface area contributed by atoms with Gasteiger partial charge in [0.15, 0.2) is 0 Å². The van der Waals surface area contributed by atoms with Crippen LogP contribution in [-0.4, -0.2) is 46.3 Å². The molecular formula is C11H23N3O3S. The molecule has 106 valence electrons. The lowest BCUT2D eigenvalue weighted by Crippen LogP contribution is -2.39. The second-order valence-corrected chi connectivity index (χ2v) is 6.58. The molecule has 0 unspecified atom stereocenters. The number of nitrogens with one attached hydrogen (secondary N) is 3. The Hall–Kier alpha value is -0.660. The third-order valence-corrected chi connectivity index (χ3v) is 3.63. The van der Waals surface area contributed by atoms with Crippen LogP contribution in [0, 0.1) is 0 Å². The first kappa shape index (κ1) is 15.4. The highest BCUT2D eigenvalue weighted by Gasteiger charge is 2.16. The number of carbonyl (C=O) groups is 1. The highest BCUT2D eigenvalue weighted by molar-refractivity contribution is 7.88. The van der Waals surface area contributed by atoms with Crippen molar-refractivity contribution in [1.29, 1.82) is 0 Å². The molecule has 0 aromatic heterocycles. The van der Waals surface area contributed by atoms with Gasteiger partial charge in [-0.3, -0.25) is 4.79 Å². The predicted octanol–water partition coefficient (Wildman–Crippen LogP) is -0.426. The molecule has 1 aliphatic carbocycles. The van der Waals surface area contributed by atoms with Gasteiger partial charge in [0, 0.05) is 12.6 Å². The van der Waals surface area contributed by atoms with Crippen molar-refractivity contribution < 1.29 is 13.2 Å². The molecule has 0 aromatic rings. The van der Waals surface area contributed by atoms with Gasteiger partial charge in [-0.1, -0.05) is 12.8 Å². The summed E-state index contributed by atoms with van der Waals surface area (Å²) < 4.78 is 23.9. The Kier molecular flexibility index (Phi) is 6.59. The molecule has 0 aromatic carbocycles. The van der Waals surface area contributed by atoms with E-state index in [1.165, 1.54) is 12.8 Å². The molecule has 0 bridgehead atoms. The van der Waals surface area contributed by atoms with Crippen LogP contribution >= 0.6 is 0 Å². The maximum absolute atomic E-state index is 11.5. The lowest BCUT2D eigenvalue weighted by molar-refractivity contribution is -0.120. The lowest BCUT2D eigenvalue weighted by atomic mass is 10.2. The van der Waals surface area contributed by atoms with Crippen molar-refractivity contribution in [2.45, 2.75) is 38.1 Å². The van der Waals surface area contributed by atoms with Crippen LogP contribution in [0.5, 0.6) is 0 Å². The number of amides is 1. The Labute approximate surface area is 109 Å². The minimum atomic E-state index is -3.10. The van der Waals surface area contributed by atoms with Gasteiger partial charge in [-0.25, -0.2) is 13.1 Å². The molecule has 1 amide bonds. The van der Waals surface area contributed by atoms with Crippen LogP contribution in [0.15, 0.2) is 0 Å². The van der Waals surface area contributed by atoms with Gasteiger partial charge in [0.1, 0.15) is 0 Å². The van der Waals surface area contributed by atoms with E-state index in [2.05, 4.69) is 15.4 Å². The Morgan fingerprint density at radius 1 is 1.22 bits per heavy atom. The number of hydrogen-bond acceptors (Lipinski definition) is 4. The second-order valence-electron chi connectivity index (χ2n) is 4.75. The van der Waals surface area contributed by atoms with Gasteiger partial charge < -0.3 is 10.6 Å². The summed E-state index contributed by atoms with van der Waals surface area (Å²) in [5, 5.41) is 5.98. The minimum absolute atomic E-state index is 0.0259. The fraction of sp³-hybridized carbons (Fsp3) is 0.909. The SMILES string of the molecule is CS(=O)(=O)NCCCNCC(=O)NC1CCCC1. The molecular weight excluding hydrogens is 254 g/mol. The molecule has 18 heavy (non-hydrogen) atoms. The van der Waals surface area contributed by atoms with E-state index in [0.717, 1.165) is 19.1 Å². The maximum atomic E-state index is 11.5. The molecule has 1 fully saturated rings. The normalized spacial score (nSPS) is 16.9. The third-order valence-electron chi connectivity index (χ3n) is 2.90. The fourth-order valence-corrected chi connectivity index (χ4v) is 2.54. The molecule has 0 saturated heterocycles. The molecule has 0 aliphatic heterocycles. The predicted molar refractivity (Wildman–Crippen MR) is 70.7 cm³/mol. The minimum Gasteiger partial charge on any atom is -0.352 e. The van der Waals surface area contributed by atoms with E-state index in [-0.39, 0.29) is 5.91 Å². The Morgan fingerprint density at radius 3 is 2.50 bits per heavy atom. The summed E-state index contributed by atoms with van der Waals surface area (Å²) in [6.45, 7) is 1.33. The fourth-order valence-electron chi connectivity index (χ4n) is 2.02. The Morgan fingerprint density at radius 2 is 1.89 bits per heavy atom. The van der Waals surface area contributed by atoms with Crippen molar-refractivity contribution >= 4 is 15.9 Å². The van der Waals surface area contributed by atoms with Crippen molar-refractivity contribution in [1.82, 2.24) is 15.4 Å². The van der Waals surface area contributed by atoms with Crippen LogP contribution in [0.1, 0.15) is 32.1 Å². The van der Waals surface area contributed by atoms with Crippen LogP contribution in [0.4, 0.5) is 0 Å². The smallest absolute Gasteiger partial charge is 0.234 e. The highest BCUT2D eigenvalue weighted by atomic mass is 32.2. The lowest BCUT2D eigenvalue weighted by Gasteiger charge is -2.12. The van der Waals surface area contributed by atoms with Crippen molar-refractivity contribution in [3.8, 4) is 0 Å². The van der Waals surface area contributed by atoms with Crippen LogP contribution < -0.4 is 15.4 Å². The van der Waals surface area contributed by atoms with E-state index in [4.69, 9.17) is 0 Å². The first-order valence-electron chi connectivity index (χ1n) is 6.42. The van der Waals surface area contributed by atoms with Gasteiger partial charge in [-0.2, -0.15) is 0 Å². The molecule has 6 nitrogen and oxygen atoms in total. The molecule has 0 radical (unpaired) electrons. The summed E-state index contributed by atoms with van der Waals surface area (Å²) in [6.07, 6.45) is 6.39. The Bertz CT molecular complexity index is 351. The van der Waals surface area contributed by atoms with E-state index in [1.54, 1.807) is 0 Å². The number of hydrogen-bond donors (Lipinski definition) is 3. The molecule has 0 spiro atoms. The number of rotatable bonds is 8. The average molecular weight is 277 g/mol. The summed E-state index contributed by atoms with van der Waals surface area (Å²) >= 11 is 0. The number of sulfonamides is 1. The third kappa shape index (κ3) is 7.62. The van der Waals surface area contributed by atoms with Crippen LogP contribution in [-0.2, 0) is 14.8 Å². The summed E-state index contributed by atoms with van der Waals surface area (Å²) in [7, 11) is -3.10. The van der Waals surface area contributed by atoms with Crippen molar-refractivity contribution in [2.75, 3.05) is 25.9 Å². The van der Waals surface area contributed by atoms with Crippen molar-refractivity contribution in [2.24, 2.45) is 0 Å². The first-order chi connectivity index (χ1) is 8.47. The summed E-state index contributed by atoms with van der Waals surface area (Å²) in [6, 6.07) is 0.353. The Balaban J connectivity index is 1.95. The van der Waals surface area contributed by atoms with Crippen molar-refractivity contribution in [3.63, 3.8) is 0 Å². The number of carbonyl (C=O) groups excluding carboxylic acids is 1. The summed E-state index contributed by atoms with van der Waals surface area (Å²) in [5.41, 5.74) is 0. The summed E-state index contributed by atoms with van der Waals surface area (Å²) in [5.74, 6) is 0.0259. The maximum Gasteiger partial charge on any atom is 0.234 e. The zero-order valence-corrected chi connectivity index (χ0v) is 11.7. The van der Waals surface area contributed by atoms with E-state index in [1.807, 2.05) is 0 Å². The largest absolute Gasteiger partial charge is 0.352 e. The van der Waals surface area contributed by atoms with Gasteiger partial charge in [0.25, 0.3) is 0 Å².